The number of nitrogens with one attached hydrogen (secondary N) is 1. The van der Waals surface area contributed by atoms with E-state index in [0.29, 0.717) is 0 Å². The first-order valence-corrected chi connectivity index (χ1v) is 8.61. The Labute approximate surface area is 127 Å². The van der Waals surface area contributed by atoms with Crippen LogP contribution in [-0.2, 0) is 4.74 Å². The molecule has 1 heterocycles. The van der Waals surface area contributed by atoms with Crippen molar-refractivity contribution in [3.05, 3.63) is 23.8 Å². The first kappa shape index (κ1) is 16.0. The number of pyridine rings is 1. The summed E-state index contributed by atoms with van der Waals surface area (Å²) >= 11 is 1.97. The fraction of sp³-hybridized carbons (Fsp3) is 0.333. The van der Waals surface area contributed by atoms with Gasteiger partial charge in [-0.25, -0.2) is 9.18 Å². The maximum Gasteiger partial charge on any atom is 0.412 e. The Balaban J connectivity index is 2.95. The minimum absolute atomic E-state index is 0.0880. The summed E-state index contributed by atoms with van der Waals surface area (Å²) in [5.41, 5.74) is -0.355. The van der Waals surface area contributed by atoms with Crippen LogP contribution in [0.5, 0.6) is 0 Å². The van der Waals surface area contributed by atoms with Crippen molar-refractivity contribution < 1.29 is 13.9 Å². The van der Waals surface area contributed by atoms with Crippen molar-refractivity contribution in [3.63, 3.8) is 0 Å². The molecule has 4 nitrogen and oxygen atoms in total. The van der Waals surface area contributed by atoms with Gasteiger partial charge in [0.1, 0.15) is 5.60 Å². The molecule has 0 bridgehead atoms. The number of carbonyl (C=O) groups excluding carboxylic acids is 1. The van der Waals surface area contributed by atoms with Crippen molar-refractivity contribution >= 4 is 41.9 Å². The van der Waals surface area contributed by atoms with Gasteiger partial charge in [-0.2, -0.15) is 0 Å². The molecule has 0 aliphatic carbocycles. The fourth-order valence-corrected chi connectivity index (χ4v) is 1.61. The van der Waals surface area contributed by atoms with Gasteiger partial charge in [0.25, 0.3) is 0 Å². The van der Waals surface area contributed by atoms with Crippen molar-refractivity contribution in [2.45, 2.75) is 26.4 Å². The number of halogens is 2. The summed E-state index contributed by atoms with van der Waals surface area (Å²) in [5, 5.41) is 5.10. The molecule has 19 heavy (non-hydrogen) atoms. The highest BCUT2D eigenvalue weighted by Crippen LogP contribution is 2.19. The van der Waals surface area contributed by atoms with E-state index < -0.39 is 17.5 Å². The quantitative estimate of drug-likeness (QED) is 0.579. The van der Waals surface area contributed by atoms with Gasteiger partial charge in [-0.1, -0.05) is 0 Å². The van der Waals surface area contributed by atoms with E-state index in [9.17, 15) is 9.18 Å². The molecule has 0 radical (unpaired) electrons. The van der Waals surface area contributed by atoms with Gasteiger partial charge in [0.05, 0.1) is 23.6 Å². The van der Waals surface area contributed by atoms with Crippen LogP contribution in [0.2, 0.25) is 0 Å². The van der Waals surface area contributed by atoms with Crippen LogP contribution in [0, 0.1) is 17.0 Å². The zero-order chi connectivity index (χ0) is 14.5. The highest BCUT2D eigenvalue weighted by Gasteiger charge is 2.18. The first-order valence-electron chi connectivity index (χ1n) is 5.25. The highest BCUT2D eigenvalue weighted by atomic mass is 127. The molecule has 0 saturated heterocycles. The number of rotatable bonds is 1. The van der Waals surface area contributed by atoms with Crippen LogP contribution >= 0.6 is 30.1 Å². The third-order valence-corrected chi connectivity index (χ3v) is 2.59. The SMILES string of the molecule is CC(C)(C)OC(=O)Nc1cncc(F)c1C#CSI. The second-order valence-electron chi connectivity index (χ2n) is 4.47. The number of aromatic nitrogens is 1. The minimum atomic E-state index is -0.676. The predicted octanol–water partition coefficient (Wildman–Crippen LogP) is 3.96. The van der Waals surface area contributed by atoms with Crippen LogP contribution in [0.1, 0.15) is 26.3 Å². The van der Waals surface area contributed by atoms with Gasteiger partial charge < -0.3 is 4.74 Å². The predicted molar refractivity (Wildman–Crippen MR) is 82.5 cm³/mol. The van der Waals surface area contributed by atoms with Gasteiger partial charge in [0.2, 0.25) is 0 Å². The molecule has 0 aliphatic heterocycles. The van der Waals surface area contributed by atoms with Crippen molar-refractivity contribution in [3.8, 4) is 11.2 Å². The van der Waals surface area contributed by atoms with Crippen LogP contribution < -0.4 is 5.32 Å². The summed E-state index contributed by atoms with van der Waals surface area (Å²) in [4.78, 5) is 15.3. The van der Waals surface area contributed by atoms with E-state index >= 15 is 0 Å². The van der Waals surface area contributed by atoms with E-state index in [1.807, 2.05) is 21.2 Å². The minimum Gasteiger partial charge on any atom is -0.444 e. The Morgan fingerprint density at radius 1 is 1.53 bits per heavy atom. The van der Waals surface area contributed by atoms with Crippen molar-refractivity contribution in [1.29, 1.82) is 0 Å². The lowest BCUT2D eigenvalue weighted by Crippen LogP contribution is -2.27. The standard InChI is InChI=1S/C12H12FIN2O2S/c1-12(2,3)18-11(17)16-10-7-15-6-9(13)8(10)4-5-19-14/h6-7H,1-3H3,(H,16,17). The number of anilines is 1. The molecule has 1 aromatic heterocycles. The highest BCUT2D eigenvalue weighted by molar-refractivity contribution is 14.2. The maximum absolute atomic E-state index is 13.6. The number of nitrogens with zero attached hydrogens (tertiary/aromatic N) is 1. The molecule has 0 aliphatic rings. The molecule has 0 fully saturated rings. The zero-order valence-electron chi connectivity index (χ0n) is 10.6. The second kappa shape index (κ2) is 6.96. The van der Waals surface area contributed by atoms with E-state index in [-0.39, 0.29) is 11.3 Å². The topological polar surface area (TPSA) is 51.2 Å². The smallest absolute Gasteiger partial charge is 0.412 e. The Bertz CT molecular complexity index is 535. The van der Waals surface area contributed by atoms with Gasteiger partial charge in [0.15, 0.2) is 5.82 Å². The summed E-state index contributed by atoms with van der Waals surface area (Å²) in [6.07, 6.45) is 1.70. The average Bonchev–Trinajstić information content (AvgIpc) is 2.25. The van der Waals surface area contributed by atoms with Crippen molar-refractivity contribution in [1.82, 2.24) is 4.98 Å². The van der Waals surface area contributed by atoms with E-state index in [4.69, 9.17) is 4.74 Å². The lowest BCUT2D eigenvalue weighted by atomic mass is 10.2. The zero-order valence-corrected chi connectivity index (χ0v) is 13.6. The average molecular weight is 394 g/mol. The number of hydrogen-bond donors (Lipinski definition) is 1. The van der Waals surface area contributed by atoms with Gasteiger partial charge in [-0.05, 0) is 40.9 Å². The van der Waals surface area contributed by atoms with Crippen molar-refractivity contribution in [2.24, 2.45) is 0 Å². The molecule has 0 spiro atoms. The number of ether oxygens (including phenoxy) is 1. The van der Waals surface area contributed by atoms with Crippen LogP contribution in [0.15, 0.2) is 12.4 Å². The van der Waals surface area contributed by atoms with Gasteiger partial charge in [-0.15, -0.1) is 0 Å². The number of hydrogen-bond acceptors (Lipinski definition) is 4. The maximum atomic E-state index is 13.6. The third-order valence-electron chi connectivity index (χ3n) is 1.75. The van der Waals surface area contributed by atoms with Crippen LogP contribution in [0.3, 0.4) is 0 Å². The van der Waals surface area contributed by atoms with Gasteiger partial charge in [0, 0.05) is 21.2 Å². The Hall–Kier alpha value is -1.01. The Morgan fingerprint density at radius 2 is 2.21 bits per heavy atom. The normalized spacial score (nSPS) is 10.4. The molecule has 1 aromatic rings. The van der Waals surface area contributed by atoms with E-state index in [1.54, 1.807) is 20.8 Å². The molecule has 7 heteroatoms. The lowest BCUT2D eigenvalue weighted by molar-refractivity contribution is 0.0636. The first-order chi connectivity index (χ1) is 8.83. The monoisotopic (exact) mass is 394 g/mol. The molecule has 0 unspecified atom stereocenters. The van der Waals surface area contributed by atoms with E-state index in [1.165, 1.54) is 15.1 Å². The van der Waals surface area contributed by atoms with Crippen LogP contribution in [0.4, 0.5) is 14.9 Å². The van der Waals surface area contributed by atoms with Gasteiger partial charge >= 0.3 is 6.09 Å². The summed E-state index contributed by atoms with van der Waals surface area (Å²) in [6, 6.07) is 0. The number of carbonyl (C=O) groups is 1. The Morgan fingerprint density at radius 3 is 2.79 bits per heavy atom. The molecule has 0 aromatic carbocycles. The number of amides is 1. The van der Waals surface area contributed by atoms with Gasteiger partial charge in [-0.3, -0.25) is 10.3 Å². The summed E-state index contributed by atoms with van der Waals surface area (Å²) in [7, 11) is 1.22. The fourth-order valence-electron chi connectivity index (χ4n) is 1.14. The summed E-state index contributed by atoms with van der Waals surface area (Å²) < 4.78 is 18.7. The molecule has 0 atom stereocenters. The van der Waals surface area contributed by atoms with Crippen molar-refractivity contribution in [2.75, 3.05) is 5.32 Å². The molecular weight excluding hydrogens is 382 g/mol. The largest absolute Gasteiger partial charge is 0.444 e. The molecule has 1 N–H and O–H groups in total. The molecule has 102 valence electrons. The summed E-state index contributed by atoms with van der Waals surface area (Å²) in [6.45, 7) is 5.22. The molecular formula is C12H12FIN2O2S. The van der Waals surface area contributed by atoms with Crippen LogP contribution in [-0.4, -0.2) is 16.7 Å². The Kier molecular flexibility index (Phi) is 5.87. The molecule has 1 amide bonds. The van der Waals surface area contributed by atoms with Crippen LogP contribution in [0.25, 0.3) is 0 Å². The lowest BCUT2D eigenvalue weighted by Gasteiger charge is -2.19. The van der Waals surface area contributed by atoms with E-state index in [2.05, 4.69) is 21.5 Å². The second-order valence-corrected chi connectivity index (χ2v) is 6.15. The summed E-state index contributed by atoms with van der Waals surface area (Å²) in [5.74, 6) is 2.03. The van der Waals surface area contributed by atoms with E-state index in [0.717, 1.165) is 6.20 Å². The molecule has 1 rings (SSSR count). The third kappa shape index (κ3) is 5.65. The molecule has 0 saturated carbocycles.